The number of amides is 2. The number of anilines is 5. The summed E-state index contributed by atoms with van der Waals surface area (Å²) < 4.78 is 73.3. The average molecular weight is 770 g/mol. The fourth-order valence-corrected chi connectivity index (χ4v) is 6.03. The highest BCUT2D eigenvalue weighted by atomic mass is 35.5. The maximum Gasteiger partial charge on any atom is 0.458 e. The first kappa shape index (κ1) is 38.3. The summed E-state index contributed by atoms with van der Waals surface area (Å²) in [5.74, 6) is -4.43. The van der Waals surface area contributed by atoms with Crippen molar-refractivity contribution in [2.45, 2.75) is 44.5 Å². The number of benzene rings is 1. The summed E-state index contributed by atoms with van der Waals surface area (Å²) in [6, 6.07) is 10.1. The summed E-state index contributed by atoms with van der Waals surface area (Å²) in [6.45, 7) is 2.16. The standard InChI is InChI=1S/C29H30ClN7O2S.C4F6O2/c30-25-17-32-28-34-24-13-20(15-31-16-24)1-2-21-14-22(33-27(25)36-28)3-4-26(21)39-11-7-19-5-9-37(10-6-19)29(38)35-23-8-12-40-18-23;5-3(6,7)1(11)2(12)4(8,9)10/h3-4,8,12-19H,1-2,5-7,9-11H2,(H,35,38)(H2,32,33,34,36);. The van der Waals surface area contributed by atoms with Crippen LogP contribution in [0.2, 0.25) is 5.02 Å². The van der Waals surface area contributed by atoms with Crippen LogP contribution in [0.25, 0.3) is 0 Å². The number of halogens is 7. The lowest BCUT2D eigenvalue weighted by Gasteiger charge is -2.32. The summed E-state index contributed by atoms with van der Waals surface area (Å²) in [5.41, 5.74) is 4.78. The van der Waals surface area contributed by atoms with Crippen LogP contribution in [0.3, 0.4) is 0 Å². The van der Waals surface area contributed by atoms with Gasteiger partial charge in [-0.15, -0.1) is 0 Å². The predicted octanol–water partition coefficient (Wildman–Crippen LogP) is 8.13. The molecule has 6 rings (SSSR count). The molecule has 5 heterocycles. The number of nitrogens with one attached hydrogen (secondary N) is 3. The molecule has 0 atom stereocenters. The highest BCUT2D eigenvalue weighted by Gasteiger charge is 2.54. The van der Waals surface area contributed by atoms with Gasteiger partial charge >= 0.3 is 30.0 Å². The minimum atomic E-state index is -5.77. The number of aryl methyl sites for hydroxylation is 2. The van der Waals surface area contributed by atoms with Gasteiger partial charge in [-0.05, 0) is 84.9 Å². The number of likely N-dealkylation sites (tertiary alicyclic amines) is 1. The van der Waals surface area contributed by atoms with E-state index in [2.05, 4.69) is 43.0 Å². The zero-order chi connectivity index (χ0) is 37.5. The van der Waals surface area contributed by atoms with Crippen LogP contribution in [0, 0.1) is 5.92 Å². The molecule has 276 valence electrons. The van der Waals surface area contributed by atoms with E-state index in [4.69, 9.17) is 16.3 Å². The van der Waals surface area contributed by atoms with Crippen molar-refractivity contribution in [1.29, 1.82) is 0 Å². The Morgan fingerprint density at radius 3 is 2.35 bits per heavy atom. The van der Waals surface area contributed by atoms with E-state index in [0.717, 1.165) is 79.1 Å². The second kappa shape index (κ2) is 16.6. The largest absolute Gasteiger partial charge is 0.493 e. The van der Waals surface area contributed by atoms with Gasteiger partial charge in [-0.2, -0.15) is 42.7 Å². The fourth-order valence-electron chi connectivity index (χ4n) is 5.30. The summed E-state index contributed by atoms with van der Waals surface area (Å²) in [5, 5.41) is 13.9. The van der Waals surface area contributed by atoms with Crippen molar-refractivity contribution in [2.75, 3.05) is 35.6 Å². The number of thiophene rings is 1. The maximum atomic E-state index is 12.5. The van der Waals surface area contributed by atoms with Gasteiger partial charge in [-0.1, -0.05) is 11.6 Å². The third kappa shape index (κ3) is 10.5. The molecule has 4 aromatic rings. The Kier molecular flexibility index (Phi) is 12.2. The predicted molar refractivity (Wildman–Crippen MR) is 182 cm³/mol. The van der Waals surface area contributed by atoms with E-state index >= 15 is 0 Å². The second-order valence-electron chi connectivity index (χ2n) is 11.7. The van der Waals surface area contributed by atoms with E-state index in [0.29, 0.717) is 29.3 Å². The molecule has 2 amide bonds. The Hall–Kier alpha value is -4.97. The minimum absolute atomic E-state index is 0.0159. The number of nitrogens with zero attached hydrogens (tertiary/aromatic N) is 4. The van der Waals surface area contributed by atoms with Crippen LogP contribution in [0.1, 0.15) is 30.4 Å². The number of piperidine rings is 1. The number of hydrogen-bond donors (Lipinski definition) is 3. The number of pyridine rings is 1. The highest BCUT2D eigenvalue weighted by Crippen LogP contribution is 2.31. The van der Waals surface area contributed by atoms with Crippen LogP contribution in [-0.4, -0.2) is 69.5 Å². The molecule has 3 N–H and O–H groups in total. The lowest BCUT2D eigenvalue weighted by atomic mass is 9.94. The number of ether oxygens (including phenoxy) is 1. The Morgan fingerprint density at radius 1 is 0.942 bits per heavy atom. The van der Waals surface area contributed by atoms with E-state index in [1.54, 1.807) is 23.7 Å². The maximum absolute atomic E-state index is 12.5. The van der Waals surface area contributed by atoms with Gasteiger partial charge in [0.25, 0.3) is 0 Å². The molecule has 0 spiro atoms. The average Bonchev–Trinajstić information content (AvgIpc) is 3.61. The SMILES string of the molecule is O=C(C(=O)C(F)(F)F)C(F)(F)F.O=C(Nc1ccsc1)N1CCC(CCOc2ccc3cc2CCc2cncc(c2)Nc2ncc(Cl)c(n2)N3)CC1. The first-order chi connectivity index (χ1) is 24.7. The molecule has 52 heavy (non-hydrogen) atoms. The lowest BCUT2D eigenvalue weighted by molar-refractivity contribution is -0.193. The normalized spacial score (nSPS) is 14.6. The van der Waals surface area contributed by atoms with E-state index < -0.39 is 23.9 Å². The summed E-state index contributed by atoms with van der Waals surface area (Å²) in [4.78, 5) is 46.9. The van der Waals surface area contributed by atoms with Crippen LogP contribution < -0.4 is 20.7 Å². The Balaban J connectivity index is 0.000000376. The second-order valence-corrected chi connectivity index (χ2v) is 12.9. The summed E-state index contributed by atoms with van der Waals surface area (Å²) in [6.07, 6.45) is -1.80. The fraction of sp³-hybridized carbons (Fsp3) is 0.333. The van der Waals surface area contributed by atoms with Gasteiger partial charge in [0, 0.05) is 30.4 Å². The van der Waals surface area contributed by atoms with Gasteiger partial charge in [0.05, 0.1) is 30.4 Å². The number of aromatic nitrogens is 3. The molecule has 3 aromatic heterocycles. The van der Waals surface area contributed by atoms with Crippen LogP contribution in [0.4, 0.5) is 60.0 Å². The van der Waals surface area contributed by atoms with Crippen molar-refractivity contribution >= 4 is 69.4 Å². The van der Waals surface area contributed by atoms with Crippen molar-refractivity contribution in [3.05, 3.63) is 75.8 Å². The molecule has 6 bridgehead atoms. The number of fused-ring (bicyclic) bond motifs is 6. The zero-order valence-corrected chi connectivity index (χ0v) is 28.6. The van der Waals surface area contributed by atoms with Crippen LogP contribution >= 0.6 is 22.9 Å². The molecular formula is C33H30ClF6N7O4S. The molecule has 1 aromatic carbocycles. The van der Waals surface area contributed by atoms with Gasteiger partial charge < -0.3 is 25.6 Å². The molecule has 11 nitrogen and oxygen atoms in total. The van der Waals surface area contributed by atoms with Crippen molar-refractivity contribution in [2.24, 2.45) is 5.92 Å². The minimum Gasteiger partial charge on any atom is -0.493 e. The van der Waals surface area contributed by atoms with Crippen LogP contribution in [0.15, 0.2) is 59.7 Å². The van der Waals surface area contributed by atoms with E-state index in [-0.39, 0.29) is 6.03 Å². The van der Waals surface area contributed by atoms with Crippen molar-refractivity contribution < 1.29 is 45.5 Å². The molecule has 1 saturated heterocycles. The smallest absolute Gasteiger partial charge is 0.458 e. The third-order valence-electron chi connectivity index (χ3n) is 7.98. The number of alkyl halides is 6. The lowest BCUT2D eigenvalue weighted by Crippen LogP contribution is -2.41. The molecule has 0 saturated carbocycles. The van der Waals surface area contributed by atoms with Gasteiger partial charge in [0.2, 0.25) is 5.95 Å². The van der Waals surface area contributed by atoms with Crippen molar-refractivity contribution in [3.8, 4) is 5.75 Å². The van der Waals surface area contributed by atoms with E-state index in [1.165, 1.54) is 0 Å². The van der Waals surface area contributed by atoms with E-state index in [9.17, 15) is 40.7 Å². The zero-order valence-electron chi connectivity index (χ0n) is 27.0. The molecule has 0 aliphatic carbocycles. The first-order valence-corrected chi connectivity index (χ1v) is 17.0. The monoisotopic (exact) mass is 769 g/mol. The van der Waals surface area contributed by atoms with Crippen LogP contribution in [-0.2, 0) is 22.4 Å². The molecule has 2 aliphatic rings. The van der Waals surface area contributed by atoms with Crippen molar-refractivity contribution in [1.82, 2.24) is 19.9 Å². The number of carbonyl (C=O) groups is 3. The summed E-state index contributed by atoms with van der Waals surface area (Å²) in [7, 11) is 0. The number of rotatable bonds is 6. The Morgan fingerprint density at radius 2 is 1.67 bits per heavy atom. The topological polar surface area (TPSA) is 138 Å². The number of Topliss-reactive ketones (excluding diaryl/α,β-unsaturated/α-hetero) is 2. The van der Waals surface area contributed by atoms with Gasteiger partial charge in [0.15, 0.2) is 5.82 Å². The quantitative estimate of drug-likeness (QED) is 0.131. The number of urea groups is 1. The van der Waals surface area contributed by atoms with Gasteiger partial charge in [0.1, 0.15) is 10.8 Å². The number of hydrogen-bond acceptors (Lipinski definition) is 10. The van der Waals surface area contributed by atoms with Gasteiger partial charge in [-0.25, -0.2) is 9.78 Å². The Labute approximate surface area is 301 Å². The molecule has 2 aliphatic heterocycles. The molecule has 1 fully saturated rings. The molecule has 0 radical (unpaired) electrons. The molecule has 19 heteroatoms. The summed E-state index contributed by atoms with van der Waals surface area (Å²) >= 11 is 7.96. The Bertz CT molecular complexity index is 1860. The van der Waals surface area contributed by atoms with E-state index in [1.807, 2.05) is 40.1 Å². The number of carbonyl (C=O) groups excluding carboxylic acids is 3. The highest BCUT2D eigenvalue weighted by molar-refractivity contribution is 7.08. The van der Waals surface area contributed by atoms with Crippen molar-refractivity contribution in [3.63, 3.8) is 0 Å². The van der Waals surface area contributed by atoms with Crippen LogP contribution in [0.5, 0.6) is 5.75 Å². The molecular weight excluding hydrogens is 740 g/mol. The molecule has 0 unspecified atom stereocenters. The number of ketones is 2. The first-order valence-electron chi connectivity index (χ1n) is 15.7. The third-order valence-corrected chi connectivity index (χ3v) is 8.94. The van der Waals surface area contributed by atoms with Gasteiger partial charge in [-0.3, -0.25) is 14.6 Å².